The van der Waals surface area contributed by atoms with E-state index in [2.05, 4.69) is 34.6 Å². The van der Waals surface area contributed by atoms with E-state index in [1.807, 2.05) is 12.1 Å². The third-order valence-electron chi connectivity index (χ3n) is 4.37. The van der Waals surface area contributed by atoms with E-state index >= 15 is 0 Å². The summed E-state index contributed by atoms with van der Waals surface area (Å²) in [6, 6.07) is 8.32. The van der Waals surface area contributed by atoms with Gasteiger partial charge in [0.2, 0.25) is 0 Å². The van der Waals surface area contributed by atoms with Gasteiger partial charge in [0.1, 0.15) is 5.75 Å². The maximum Gasteiger partial charge on any atom is 0.315 e. The molecule has 1 heterocycles. The van der Waals surface area contributed by atoms with Crippen LogP contribution in [0.2, 0.25) is 0 Å². The van der Waals surface area contributed by atoms with Gasteiger partial charge in [0, 0.05) is 19.1 Å². The van der Waals surface area contributed by atoms with Gasteiger partial charge in [-0.05, 0) is 56.5 Å². The molecule has 0 aromatic heterocycles. The van der Waals surface area contributed by atoms with E-state index in [0.29, 0.717) is 6.54 Å². The topological polar surface area (TPSA) is 53.6 Å². The Morgan fingerprint density at radius 1 is 1.35 bits per heavy atom. The van der Waals surface area contributed by atoms with Crippen LogP contribution in [0.15, 0.2) is 24.3 Å². The molecule has 1 saturated heterocycles. The number of amides is 2. The van der Waals surface area contributed by atoms with Crippen molar-refractivity contribution in [1.29, 1.82) is 0 Å². The van der Waals surface area contributed by atoms with Gasteiger partial charge in [-0.15, -0.1) is 0 Å². The summed E-state index contributed by atoms with van der Waals surface area (Å²) in [5, 5.41) is 6.05. The minimum atomic E-state index is -0.0392. The van der Waals surface area contributed by atoms with Crippen LogP contribution in [0.25, 0.3) is 0 Å². The summed E-state index contributed by atoms with van der Waals surface area (Å²) < 4.78 is 5.15. The SMILES string of the molecule is CCN1CCC[C@@H](NC(=O)NCCCc2ccc(OC)cc2)C1. The van der Waals surface area contributed by atoms with Gasteiger partial charge in [-0.2, -0.15) is 0 Å². The van der Waals surface area contributed by atoms with Gasteiger partial charge in [-0.25, -0.2) is 4.79 Å². The van der Waals surface area contributed by atoms with E-state index in [0.717, 1.165) is 51.1 Å². The van der Waals surface area contributed by atoms with E-state index < -0.39 is 0 Å². The number of aryl methyl sites for hydroxylation is 1. The molecule has 1 atom stereocenters. The summed E-state index contributed by atoms with van der Waals surface area (Å²) in [7, 11) is 1.67. The highest BCUT2D eigenvalue weighted by molar-refractivity contribution is 5.74. The maximum atomic E-state index is 11.9. The number of carbonyl (C=O) groups excluding carboxylic acids is 1. The predicted molar refractivity (Wildman–Crippen MR) is 93.0 cm³/mol. The molecule has 128 valence electrons. The van der Waals surface area contributed by atoms with Gasteiger partial charge in [0.15, 0.2) is 0 Å². The number of ether oxygens (including phenoxy) is 1. The van der Waals surface area contributed by atoms with Gasteiger partial charge in [-0.1, -0.05) is 19.1 Å². The van der Waals surface area contributed by atoms with Crippen molar-refractivity contribution in [1.82, 2.24) is 15.5 Å². The molecule has 2 N–H and O–H groups in total. The molecule has 1 aliphatic heterocycles. The first-order valence-corrected chi connectivity index (χ1v) is 8.61. The van der Waals surface area contributed by atoms with Crippen molar-refractivity contribution in [2.45, 2.75) is 38.6 Å². The molecule has 0 saturated carbocycles. The van der Waals surface area contributed by atoms with Gasteiger partial charge < -0.3 is 20.3 Å². The van der Waals surface area contributed by atoms with Crippen LogP contribution in [-0.4, -0.2) is 50.3 Å². The molecule has 0 unspecified atom stereocenters. The monoisotopic (exact) mass is 319 g/mol. The highest BCUT2D eigenvalue weighted by Gasteiger charge is 2.19. The smallest absolute Gasteiger partial charge is 0.315 e. The Labute approximate surface area is 139 Å². The Hall–Kier alpha value is -1.75. The van der Waals surface area contributed by atoms with Crippen molar-refractivity contribution < 1.29 is 9.53 Å². The summed E-state index contributed by atoms with van der Waals surface area (Å²) in [5.74, 6) is 0.875. The third kappa shape index (κ3) is 6.10. The van der Waals surface area contributed by atoms with Crippen LogP contribution in [-0.2, 0) is 6.42 Å². The number of hydrogen-bond acceptors (Lipinski definition) is 3. The van der Waals surface area contributed by atoms with Gasteiger partial charge >= 0.3 is 6.03 Å². The van der Waals surface area contributed by atoms with Crippen LogP contribution in [0.1, 0.15) is 31.7 Å². The summed E-state index contributed by atoms with van der Waals surface area (Å²) >= 11 is 0. The largest absolute Gasteiger partial charge is 0.497 e. The zero-order chi connectivity index (χ0) is 16.5. The fraction of sp³-hybridized carbons (Fsp3) is 0.611. The van der Waals surface area contributed by atoms with Gasteiger partial charge in [0.05, 0.1) is 7.11 Å². The molecular formula is C18H29N3O2. The summed E-state index contributed by atoms with van der Waals surface area (Å²) in [6.45, 7) is 6.04. The molecule has 0 bridgehead atoms. The predicted octanol–water partition coefficient (Wildman–Crippen LogP) is 2.41. The second-order valence-corrected chi connectivity index (χ2v) is 6.08. The number of carbonyl (C=O) groups is 1. The number of likely N-dealkylation sites (tertiary alicyclic amines) is 1. The van der Waals surface area contributed by atoms with Crippen LogP contribution >= 0.6 is 0 Å². The average molecular weight is 319 g/mol. The molecule has 1 fully saturated rings. The number of piperidine rings is 1. The summed E-state index contributed by atoms with van der Waals surface area (Å²) in [5.41, 5.74) is 1.26. The molecule has 5 nitrogen and oxygen atoms in total. The standard InChI is InChI=1S/C18H29N3O2/c1-3-21-13-5-7-16(14-21)20-18(22)19-12-4-6-15-8-10-17(23-2)11-9-15/h8-11,16H,3-7,12-14H2,1-2H3,(H2,19,20,22)/t16-/m1/s1. The molecule has 0 aliphatic carbocycles. The van der Waals surface area contributed by atoms with Crippen molar-refractivity contribution in [3.63, 3.8) is 0 Å². The molecule has 0 radical (unpaired) electrons. The first kappa shape index (κ1) is 17.6. The zero-order valence-corrected chi connectivity index (χ0v) is 14.3. The quantitative estimate of drug-likeness (QED) is 0.759. The van der Waals surface area contributed by atoms with E-state index in [9.17, 15) is 4.79 Å². The molecular weight excluding hydrogens is 290 g/mol. The molecule has 5 heteroatoms. The second-order valence-electron chi connectivity index (χ2n) is 6.08. The fourth-order valence-corrected chi connectivity index (χ4v) is 2.98. The molecule has 2 amide bonds. The number of rotatable bonds is 7. The molecule has 0 spiro atoms. The number of nitrogens with one attached hydrogen (secondary N) is 2. The van der Waals surface area contributed by atoms with E-state index in [4.69, 9.17) is 4.74 Å². The summed E-state index contributed by atoms with van der Waals surface area (Å²) in [6.07, 6.45) is 4.13. The van der Waals surface area contributed by atoms with Crippen LogP contribution < -0.4 is 15.4 Å². The summed E-state index contributed by atoms with van der Waals surface area (Å²) in [4.78, 5) is 14.3. The molecule has 1 aromatic rings. The van der Waals surface area contributed by atoms with Crippen LogP contribution in [0.3, 0.4) is 0 Å². The Morgan fingerprint density at radius 2 is 2.13 bits per heavy atom. The Bertz CT molecular complexity index is 476. The molecule has 1 aromatic carbocycles. The van der Waals surface area contributed by atoms with Crippen molar-refractivity contribution in [3.8, 4) is 5.75 Å². The number of nitrogens with zero attached hydrogens (tertiary/aromatic N) is 1. The Morgan fingerprint density at radius 3 is 2.83 bits per heavy atom. The molecule has 2 rings (SSSR count). The van der Waals surface area contributed by atoms with Crippen molar-refractivity contribution in [2.24, 2.45) is 0 Å². The number of likely N-dealkylation sites (N-methyl/N-ethyl adjacent to an activating group) is 1. The minimum absolute atomic E-state index is 0.0392. The Kier molecular flexibility index (Phi) is 7.20. The van der Waals surface area contributed by atoms with Crippen molar-refractivity contribution in [3.05, 3.63) is 29.8 Å². The molecule has 1 aliphatic rings. The Balaban J connectivity index is 1.60. The van der Waals surface area contributed by atoms with Crippen LogP contribution in [0.4, 0.5) is 4.79 Å². The van der Waals surface area contributed by atoms with Crippen LogP contribution in [0.5, 0.6) is 5.75 Å². The fourth-order valence-electron chi connectivity index (χ4n) is 2.98. The van der Waals surface area contributed by atoms with Crippen molar-refractivity contribution >= 4 is 6.03 Å². The zero-order valence-electron chi connectivity index (χ0n) is 14.3. The van der Waals surface area contributed by atoms with E-state index in [1.165, 1.54) is 5.56 Å². The number of hydrogen-bond donors (Lipinski definition) is 2. The van der Waals surface area contributed by atoms with E-state index in [-0.39, 0.29) is 12.1 Å². The maximum absolute atomic E-state index is 11.9. The number of urea groups is 1. The first-order valence-electron chi connectivity index (χ1n) is 8.61. The van der Waals surface area contributed by atoms with Crippen LogP contribution in [0, 0.1) is 0 Å². The average Bonchev–Trinajstić information content (AvgIpc) is 2.59. The first-order chi connectivity index (χ1) is 11.2. The van der Waals surface area contributed by atoms with Gasteiger partial charge in [0.25, 0.3) is 0 Å². The lowest BCUT2D eigenvalue weighted by molar-refractivity contribution is 0.192. The second kappa shape index (κ2) is 9.40. The number of benzene rings is 1. The highest BCUT2D eigenvalue weighted by atomic mass is 16.5. The lowest BCUT2D eigenvalue weighted by Gasteiger charge is -2.32. The lowest BCUT2D eigenvalue weighted by Crippen LogP contribution is -2.50. The number of methoxy groups -OCH3 is 1. The lowest BCUT2D eigenvalue weighted by atomic mass is 10.1. The van der Waals surface area contributed by atoms with E-state index in [1.54, 1.807) is 7.11 Å². The minimum Gasteiger partial charge on any atom is -0.497 e. The third-order valence-corrected chi connectivity index (χ3v) is 4.37. The van der Waals surface area contributed by atoms with Crippen molar-refractivity contribution in [2.75, 3.05) is 33.3 Å². The highest BCUT2D eigenvalue weighted by Crippen LogP contribution is 2.12. The van der Waals surface area contributed by atoms with Gasteiger partial charge in [-0.3, -0.25) is 0 Å². The molecule has 23 heavy (non-hydrogen) atoms. The normalized spacial score (nSPS) is 18.4.